The normalized spacial score (nSPS) is 20.6. The lowest BCUT2D eigenvalue weighted by molar-refractivity contribution is -0.134. The first-order chi connectivity index (χ1) is 14.9. The highest BCUT2D eigenvalue weighted by atomic mass is 35.5. The summed E-state index contributed by atoms with van der Waals surface area (Å²) in [6.07, 6.45) is 2.38. The van der Waals surface area contributed by atoms with Crippen LogP contribution in [0.2, 0.25) is 5.15 Å². The molecule has 2 rings (SSSR count). The Morgan fingerprint density at radius 3 is 2.41 bits per heavy atom. The lowest BCUT2D eigenvalue weighted by Gasteiger charge is -2.37. The molecule has 3 N–H and O–H groups in total. The molecule has 2 unspecified atom stereocenters. The van der Waals surface area contributed by atoms with Gasteiger partial charge in [-0.3, -0.25) is 9.59 Å². The van der Waals surface area contributed by atoms with Crippen LogP contribution < -0.4 is 16.0 Å². The molecule has 0 aliphatic heterocycles. The fourth-order valence-electron chi connectivity index (χ4n) is 3.42. The number of aromatic nitrogens is 1. The summed E-state index contributed by atoms with van der Waals surface area (Å²) in [5, 5.41) is 8.83. The Kier molecular flexibility index (Phi) is 8.80. The summed E-state index contributed by atoms with van der Waals surface area (Å²) in [7, 11) is 3.40. The van der Waals surface area contributed by atoms with Gasteiger partial charge in [-0.15, -0.1) is 0 Å². The molecule has 0 bridgehead atoms. The van der Waals surface area contributed by atoms with Crippen LogP contribution in [0, 0.1) is 5.92 Å². The first kappa shape index (κ1) is 25.8. The molecule has 0 radical (unpaired) electrons. The molecule has 11 heteroatoms. The zero-order chi connectivity index (χ0) is 24.1. The minimum absolute atomic E-state index is 0.00463. The lowest BCUT2D eigenvalue weighted by Crippen LogP contribution is -2.57. The number of carbonyl (C=O) groups is 3. The molecule has 1 heterocycles. The number of halogens is 1. The van der Waals surface area contributed by atoms with Crippen molar-refractivity contribution in [3.8, 4) is 0 Å². The molecule has 1 saturated carbocycles. The Balaban J connectivity index is 2.07. The Morgan fingerprint density at radius 2 is 1.84 bits per heavy atom. The maximum atomic E-state index is 12.5. The van der Waals surface area contributed by atoms with E-state index in [1.807, 2.05) is 0 Å². The highest BCUT2D eigenvalue weighted by Gasteiger charge is 2.37. The smallest absolute Gasteiger partial charge is 0.407 e. The van der Waals surface area contributed by atoms with E-state index in [0.717, 1.165) is 0 Å². The highest BCUT2D eigenvalue weighted by Crippen LogP contribution is 2.27. The van der Waals surface area contributed by atoms with Crippen molar-refractivity contribution in [1.29, 1.82) is 0 Å². The van der Waals surface area contributed by atoms with E-state index in [1.54, 1.807) is 51.9 Å². The second-order valence-electron chi connectivity index (χ2n) is 8.90. The van der Waals surface area contributed by atoms with Crippen molar-refractivity contribution in [1.82, 2.24) is 20.5 Å². The van der Waals surface area contributed by atoms with Gasteiger partial charge >= 0.3 is 6.09 Å². The number of nitrogens with one attached hydrogen (secondary N) is 3. The summed E-state index contributed by atoms with van der Waals surface area (Å²) in [6.45, 7) is 5.31. The van der Waals surface area contributed by atoms with Gasteiger partial charge in [0.2, 0.25) is 5.91 Å². The standard InChI is InChI=1S/C21H30ClN5O4S/c1-21(2,3)31-20(30)26-15-10-12(19(29)27(4)5)6-8-14(15)25-18(32)17(28)24-13-7-9-16(22)23-11-13/h7,9,11-12,14-15H,6,8,10H2,1-5H3,(H,24,28)(H,25,32)(H,26,30)/t12?,14-,15?/m0/s1. The van der Waals surface area contributed by atoms with Gasteiger partial charge in [0, 0.05) is 26.1 Å². The van der Waals surface area contributed by atoms with E-state index in [9.17, 15) is 14.4 Å². The molecule has 0 aromatic carbocycles. The van der Waals surface area contributed by atoms with E-state index in [1.165, 1.54) is 6.20 Å². The van der Waals surface area contributed by atoms with Crippen molar-refractivity contribution >= 4 is 52.4 Å². The predicted octanol–water partition coefficient (Wildman–Crippen LogP) is 2.74. The van der Waals surface area contributed by atoms with Crippen LogP contribution in [0.5, 0.6) is 0 Å². The van der Waals surface area contributed by atoms with Crippen molar-refractivity contribution in [2.75, 3.05) is 19.4 Å². The van der Waals surface area contributed by atoms with Crippen LogP contribution in [0.15, 0.2) is 18.3 Å². The number of carbonyl (C=O) groups excluding carboxylic acids is 3. The fourth-order valence-corrected chi connectivity index (χ4v) is 3.74. The van der Waals surface area contributed by atoms with Gasteiger partial charge in [-0.25, -0.2) is 9.78 Å². The quantitative estimate of drug-likeness (QED) is 0.445. The highest BCUT2D eigenvalue weighted by molar-refractivity contribution is 7.82. The zero-order valence-electron chi connectivity index (χ0n) is 18.9. The van der Waals surface area contributed by atoms with Gasteiger partial charge in [0.05, 0.1) is 17.9 Å². The summed E-state index contributed by atoms with van der Waals surface area (Å²) in [5.74, 6) is -0.757. The zero-order valence-corrected chi connectivity index (χ0v) is 20.5. The van der Waals surface area contributed by atoms with Gasteiger partial charge in [-0.2, -0.15) is 0 Å². The minimum atomic E-state index is -0.664. The van der Waals surface area contributed by atoms with E-state index in [2.05, 4.69) is 20.9 Å². The van der Waals surface area contributed by atoms with Crippen molar-refractivity contribution in [3.05, 3.63) is 23.5 Å². The number of anilines is 1. The maximum absolute atomic E-state index is 12.5. The molecule has 1 aromatic rings. The molecule has 1 aliphatic rings. The second-order valence-corrected chi connectivity index (χ2v) is 9.69. The molecule has 3 amide bonds. The average Bonchev–Trinajstić information content (AvgIpc) is 2.68. The number of thiocarbonyl (C=S) groups is 1. The Hall–Kier alpha value is -2.46. The monoisotopic (exact) mass is 483 g/mol. The number of rotatable bonds is 4. The number of nitrogens with zero attached hydrogens (tertiary/aromatic N) is 2. The van der Waals surface area contributed by atoms with Crippen LogP contribution in [-0.4, -0.2) is 64.6 Å². The van der Waals surface area contributed by atoms with E-state index in [4.69, 9.17) is 28.6 Å². The number of ether oxygens (including phenoxy) is 1. The second kappa shape index (κ2) is 10.9. The first-order valence-corrected chi connectivity index (χ1v) is 11.1. The Labute approximate surface area is 198 Å². The van der Waals surface area contributed by atoms with Crippen LogP contribution in [0.1, 0.15) is 40.0 Å². The van der Waals surface area contributed by atoms with Crippen molar-refractivity contribution in [2.24, 2.45) is 5.92 Å². The molecule has 9 nitrogen and oxygen atoms in total. The number of alkyl carbamates (subject to hydrolysis) is 1. The molecule has 32 heavy (non-hydrogen) atoms. The lowest BCUT2D eigenvalue weighted by atomic mass is 9.81. The first-order valence-electron chi connectivity index (χ1n) is 10.3. The topological polar surface area (TPSA) is 113 Å². The molecule has 0 saturated heterocycles. The largest absolute Gasteiger partial charge is 0.444 e. The summed E-state index contributed by atoms with van der Waals surface area (Å²) < 4.78 is 5.37. The van der Waals surface area contributed by atoms with Crippen molar-refractivity contribution in [3.63, 3.8) is 0 Å². The van der Waals surface area contributed by atoms with E-state index in [-0.39, 0.29) is 22.9 Å². The van der Waals surface area contributed by atoms with Crippen LogP contribution in [-0.2, 0) is 14.3 Å². The third-order valence-electron chi connectivity index (χ3n) is 4.85. The number of hydrogen-bond donors (Lipinski definition) is 3. The van der Waals surface area contributed by atoms with Gasteiger partial charge in [0.1, 0.15) is 10.8 Å². The molecule has 1 aromatic heterocycles. The van der Waals surface area contributed by atoms with Crippen LogP contribution in [0.4, 0.5) is 10.5 Å². The number of hydrogen-bond acceptors (Lipinski definition) is 6. The van der Waals surface area contributed by atoms with Gasteiger partial charge in [0.15, 0.2) is 4.99 Å². The minimum Gasteiger partial charge on any atom is -0.444 e. The van der Waals surface area contributed by atoms with Gasteiger partial charge in [0.25, 0.3) is 5.91 Å². The molecule has 0 spiro atoms. The van der Waals surface area contributed by atoms with Crippen LogP contribution in [0.3, 0.4) is 0 Å². The van der Waals surface area contributed by atoms with Crippen LogP contribution >= 0.6 is 23.8 Å². The van der Waals surface area contributed by atoms with E-state index >= 15 is 0 Å². The van der Waals surface area contributed by atoms with E-state index < -0.39 is 23.6 Å². The third-order valence-corrected chi connectivity index (χ3v) is 5.38. The summed E-state index contributed by atoms with van der Waals surface area (Å²) >= 11 is 11.0. The number of pyridine rings is 1. The summed E-state index contributed by atoms with van der Waals surface area (Å²) in [6, 6.07) is 2.38. The average molecular weight is 484 g/mol. The van der Waals surface area contributed by atoms with Crippen molar-refractivity contribution in [2.45, 2.75) is 57.7 Å². The molecule has 3 atom stereocenters. The Morgan fingerprint density at radius 1 is 1.16 bits per heavy atom. The van der Waals surface area contributed by atoms with Gasteiger partial charge < -0.3 is 25.6 Å². The van der Waals surface area contributed by atoms with Gasteiger partial charge in [-0.1, -0.05) is 23.8 Å². The molecule has 1 aliphatic carbocycles. The van der Waals surface area contributed by atoms with Crippen LogP contribution in [0.25, 0.3) is 0 Å². The van der Waals surface area contributed by atoms with Crippen molar-refractivity contribution < 1.29 is 19.1 Å². The Bertz CT molecular complexity index is 857. The number of amides is 3. The summed E-state index contributed by atoms with van der Waals surface area (Å²) in [4.78, 5) is 42.8. The summed E-state index contributed by atoms with van der Waals surface area (Å²) in [5.41, 5.74) is -0.213. The SMILES string of the molecule is CN(C)C(=O)C1CC[C@H](NC(=S)C(=O)Nc2ccc(Cl)nc2)C(NC(=O)OC(C)(C)C)C1. The maximum Gasteiger partial charge on any atom is 0.407 e. The predicted molar refractivity (Wildman–Crippen MR) is 127 cm³/mol. The van der Waals surface area contributed by atoms with E-state index in [0.29, 0.717) is 30.1 Å². The molecular weight excluding hydrogens is 454 g/mol. The molecule has 176 valence electrons. The third kappa shape index (κ3) is 7.90. The molecular formula is C21H30ClN5O4S. The fraction of sp³-hybridized carbons (Fsp3) is 0.571. The van der Waals surface area contributed by atoms with Gasteiger partial charge in [-0.05, 0) is 52.2 Å². The molecule has 1 fully saturated rings.